The Labute approximate surface area is 149 Å². The van der Waals surface area contributed by atoms with Crippen LogP contribution >= 0.6 is 0 Å². The van der Waals surface area contributed by atoms with Gasteiger partial charge in [-0.15, -0.1) is 0 Å². The summed E-state index contributed by atoms with van der Waals surface area (Å²) >= 11 is 0. The fourth-order valence-electron chi connectivity index (χ4n) is 3.59. The summed E-state index contributed by atoms with van der Waals surface area (Å²) in [4.78, 5) is 38.4. The zero-order valence-corrected chi connectivity index (χ0v) is 15.5. The minimum atomic E-state index is -0.934. The van der Waals surface area contributed by atoms with Crippen molar-refractivity contribution in [3.8, 4) is 0 Å². The molecule has 0 unspecified atom stereocenters. The number of hydrogen-bond donors (Lipinski definition) is 1. The molecule has 0 saturated carbocycles. The maximum Gasteiger partial charge on any atom is 0.410 e. The van der Waals surface area contributed by atoms with Crippen LogP contribution in [0.4, 0.5) is 4.79 Å². The second-order valence-electron chi connectivity index (χ2n) is 8.24. The molecule has 2 heterocycles. The topological polar surface area (TPSA) is 87.2 Å². The van der Waals surface area contributed by atoms with Crippen molar-refractivity contribution in [1.29, 1.82) is 0 Å². The molecule has 7 nitrogen and oxygen atoms in total. The summed E-state index contributed by atoms with van der Waals surface area (Å²) in [6.45, 7) is 8.37. The molecule has 0 aromatic carbocycles. The predicted octanol–water partition coefficient (Wildman–Crippen LogP) is 2.49. The normalized spacial score (nSPS) is 20.4. The van der Waals surface area contributed by atoms with Gasteiger partial charge in [0, 0.05) is 32.6 Å². The van der Waals surface area contributed by atoms with E-state index in [1.807, 2.05) is 20.8 Å². The molecule has 2 saturated heterocycles. The Kier molecular flexibility index (Phi) is 5.95. The molecule has 0 aliphatic carbocycles. The summed E-state index contributed by atoms with van der Waals surface area (Å²) in [5, 5.41) is 8.69. The number of aliphatic carboxylic acids is 1. The second-order valence-corrected chi connectivity index (χ2v) is 8.24. The van der Waals surface area contributed by atoms with E-state index in [0.717, 1.165) is 25.7 Å². The molecule has 25 heavy (non-hydrogen) atoms. The van der Waals surface area contributed by atoms with Gasteiger partial charge in [0.25, 0.3) is 0 Å². The third kappa shape index (κ3) is 5.61. The maximum absolute atomic E-state index is 12.2. The standard InChI is InChI=1S/C18H30N2O5/c1-17(2,3)25-16(24)20-12-8-18(9-13-20)6-10-19(11-7-18)14(21)4-5-15(22)23/h4-13H2,1-3H3,(H,22,23). The molecule has 2 amide bonds. The third-order valence-electron chi connectivity index (χ3n) is 5.21. The first-order valence-corrected chi connectivity index (χ1v) is 9.08. The Hall–Kier alpha value is -1.79. The Morgan fingerprint density at radius 1 is 0.920 bits per heavy atom. The molecule has 1 spiro atoms. The molecular formula is C18H30N2O5. The fraction of sp³-hybridized carbons (Fsp3) is 0.833. The molecule has 0 atom stereocenters. The van der Waals surface area contributed by atoms with Gasteiger partial charge >= 0.3 is 12.1 Å². The number of carbonyl (C=O) groups is 3. The number of rotatable bonds is 3. The molecule has 2 aliphatic rings. The van der Waals surface area contributed by atoms with Crippen molar-refractivity contribution in [2.24, 2.45) is 5.41 Å². The van der Waals surface area contributed by atoms with Crippen molar-refractivity contribution in [1.82, 2.24) is 9.80 Å². The van der Waals surface area contributed by atoms with Gasteiger partial charge in [-0.2, -0.15) is 0 Å². The van der Waals surface area contributed by atoms with E-state index in [-0.39, 0.29) is 30.3 Å². The average molecular weight is 354 g/mol. The first-order chi connectivity index (χ1) is 11.6. The van der Waals surface area contributed by atoms with Gasteiger partial charge in [0.1, 0.15) is 5.60 Å². The first-order valence-electron chi connectivity index (χ1n) is 9.08. The number of hydrogen-bond acceptors (Lipinski definition) is 4. The van der Waals surface area contributed by atoms with Crippen molar-refractivity contribution in [2.45, 2.75) is 64.9 Å². The highest BCUT2D eigenvalue weighted by Crippen LogP contribution is 2.41. The lowest BCUT2D eigenvalue weighted by Crippen LogP contribution is -2.50. The molecule has 0 aromatic heterocycles. The zero-order chi connectivity index (χ0) is 18.7. The van der Waals surface area contributed by atoms with Crippen LogP contribution in [0.3, 0.4) is 0 Å². The molecule has 1 N–H and O–H groups in total. The lowest BCUT2D eigenvalue weighted by molar-refractivity contribution is -0.142. The van der Waals surface area contributed by atoms with E-state index >= 15 is 0 Å². The van der Waals surface area contributed by atoms with Gasteiger partial charge in [0.15, 0.2) is 0 Å². The molecular weight excluding hydrogens is 324 g/mol. The van der Waals surface area contributed by atoms with E-state index < -0.39 is 11.6 Å². The van der Waals surface area contributed by atoms with Crippen molar-refractivity contribution in [2.75, 3.05) is 26.2 Å². The predicted molar refractivity (Wildman–Crippen MR) is 92.2 cm³/mol. The van der Waals surface area contributed by atoms with Crippen LogP contribution < -0.4 is 0 Å². The van der Waals surface area contributed by atoms with Crippen LogP contribution in [0.2, 0.25) is 0 Å². The summed E-state index contributed by atoms with van der Waals surface area (Å²) in [5.74, 6) is -1.00. The van der Waals surface area contributed by atoms with Gasteiger partial charge in [-0.05, 0) is 51.9 Å². The molecule has 0 bridgehead atoms. The highest BCUT2D eigenvalue weighted by molar-refractivity contribution is 5.80. The lowest BCUT2D eigenvalue weighted by Gasteiger charge is -2.46. The highest BCUT2D eigenvalue weighted by atomic mass is 16.6. The third-order valence-corrected chi connectivity index (χ3v) is 5.21. The number of ether oxygens (including phenoxy) is 1. The Morgan fingerprint density at radius 3 is 1.84 bits per heavy atom. The van der Waals surface area contributed by atoms with Crippen molar-refractivity contribution in [3.63, 3.8) is 0 Å². The average Bonchev–Trinajstić information content (AvgIpc) is 2.52. The lowest BCUT2D eigenvalue weighted by atomic mass is 9.71. The minimum Gasteiger partial charge on any atom is -0.481 e. The van der Waals surface area contributed by atoms with Crippen molar-refractivity contribution < 1.29 is 24.2 Å². The molecule has 2 rings (SSSR count). The monoisotopic (exact) mass is 354 g/mol. The Bertz CT molecular complexity index is 508. The van der Waals surface area contributed by atoms with E-state index in [4.69, 9.17) is 9.84 Å². The molecule has 0 aromatic rings. The Morgan fingerprint density at radius 2 is 1.40 bits per heavy atom. The number of carboxylic acid groups (broad SMARTS) is 1. The van der Waals surface area contributed by atoms with Crippen LogP contribution in [-0.2, 0) is 14.3 Å². The summed E-state index contributed by atoms with van der Waals surface area (Å²) in [7, 11) is 0. The van der Waals surface area contributed by atoms with Crippen LogP contribution in [0.1, 0.15) is 59.3 Å². The van der Waals surface area contributed by atoms with Crippen molar-refractivity contribution >= 4 is 18.0 Å². The molecule has 7 heteroatoms. The minimum absolute atomic E-state index is 0.0663. The van der Waals surface area contributed by atoms with Gasteiger partial charge in [-0.3, -0.25) is 9.59 Å². The van der Waals surface area contributed by atoms with Crippen LogP contribution in [0, 0.1) is 5.41 Å². The van der Waals surface area contributed by atoms with E-state index in [1.54, 1.807) is 9.80 Å². The number of likely N-dealkylation sites (tertiary alicyclic amines) is 2. The van der Waals surface area contributed by atoms with E-state index in [9.17, 15) is 14.4 Å². The smallest absolute Gasteiger partial charge is 0.410 e. The largest absolute Gasteiger partial charge is 0.481 e. The zero-order valence-electron chi connectivity index (χ0n) is 15.5. The number of piperidine rings is 2. The number of amides is 2. The number of carbonyl (C=O) groups excluding carboxylic acids is 2. The summed E-state index contributed by atoms with van der Waals surface area (Å²) < 4.78 is 5.43. The molecule has 142 valence electrons. The van der Waals surface area contributed by atoms with E-state index in [1.165, 1.54) is 0 Å². The number of carboxylic acids is 1. The summed E-state index contributed by atoms with van der Waals surface area (Å²) in [6.07, 6.45) is 3.44. The first kappa shape index (κ1) is 19.5. The van der Waals surface area contributed by atoms with Gasteiger partial charge in [0.2, 0.25) is 5.91 Å². The van der Waals surface area contributed by atoms with Crippen LogP contribution in [0.15, 0.2) is 0 Å². The van der Waals surface area contributed by atoms with E-state index in [0.29, 0.717) is 26.2 Å². The quantitative estimate of drug-likeness (QED) is 0.841. The second kappa shape index (κ2) is 7.62. The summed E-state index contributed by atoms with van der Waals surface area (Å²) in [5.41, 5.74) is -0.282. The SMILES string of the molecule is CC(C)(C)OC(=O)N1CCC2(CCN(C(=O)CCC(=O)O)CC2)CC1. The Balaban J connectivity index is 1.78. The molecule has 0 radical (unpaired) electrons. The number of nitrogens with zero attached hydrogens (tertiary/aromatic N) is 2. The van der Waals surface area contributed by atoms with Gasteiger partial charge < -0.3 is 19.6 Å². The molecule has 2 fully saturated rings. The van der Waals surface area contributed by atoms with Gasteiger partial charge in [-0.1, -0.05) is 0 Å². The maximum atomic E-state index is 12.2. The van der Waals surface area contributed by atoms with Crippen LogP contribution in [0.5, 0.6) is 0 Å². The summed E-state index contributed by atoms with van der Waals surface area (Å²) in [6, 6.07) is 0. The van der Waals surface area contributed by atoms with E-state index in [2.05, 4.69) is 0 Å². The van der Waals surface area contributed by atoms with Crippen LogP contribution in [-0.4, -0.2) is 64.7 Å². The highest BCUT2D eigenvalue weighted by Gasteiger charge is 2.40. The van der Waals surface area contributed by atoms with Gasteiger partial charge in [-0.25, -0.2) is 4.79 Å². The van der Waals surface area contributed by atoms with Crippen LogP contribution in [0.25, 0.3) is 0 Å². The van der Waals surface area contributed by atoms with Gasteiger partial charge in [0.05, 0.1) is 6.42 Å². The molecule has 2 aliphatic heterocycles. The van der Waals surface area contributed by atoms with Crippen molar-refractivity contribution in [3.05, 3.63) is 0 Å². The fourth-order valence-corrected chi connectivity index (χ4v) is 3.59.